The molecule has 0 radical (unpaired) electrons. The third-order valence-electron chi connectivity index (χ3n) is 6.53. The van der Waals surface area contributed by atoms with Crippen LogP contribution in [0.15, 0.2) is 0 Å². The third-order valence-corrected chi connectivity index (χ3v) is 6.53. The molecule has 1 heterocycles. The standard InChI is InChI=1S/C23H40N4O5/c1-4-10-18(19(28)20(29)24-17(5-2)6-3)25-21(30)23(11-8-7-9-12-23)26-22(31)27-13-15-32-16-14-27/h17-18H,4-16H2,1-3H3,(H,24,29)(H,25,30)(H,26,31)/t18-/m0/s1. The molecule has 1 atom stereocenters. The van der Waals surface area contributed by atoms with Gasteiger partial charge in [0.2, 0.25) is 11.7 Å². The SMILES string of the molecule is CCC[C@H](NC(=O)C1(NC(=O)N2CCOCC2)CCCCC1)C(=O)C(=O)NC(CC)CC. The van der Waals surface area contributed by atoms with E-state index < -0.39 is 23.3 Å². The fourth-order valence-electron chi connectivity index (χ4n) is 4.38. The van der Waals surface area contributed by atoms with E-state index in [0.29, 0.717) is 52.0 Å². The van der Waals surface area contributed by atoms with Crippen molar-refractivity contribution in [1.82, 2.24) is 20.9 Å². The van der Waals surface area contributed by atoms with Crippen LogP contribution in [0.1, 0.15) is 78.6 Å². The number of nitrogens with one attached hydrogen (secondary N) is 3. The van der Waals surface area contributed by atoms with Crippen molar-refractivity contribution in [3.05, 3.63) is 0 Å². The lowest BCUT2D eigenvalue weighted by molar-refractivity contribution is -0.141. The smallest absolute Gasteiger partial charge is 0.318 e. The first-order valence-corrected chi connectivity index (χ1v) is 12.2. The molecule has 0 spiro atoms. The predicted octanol–water partition coefficient (Wildman–Crippen LogP) is 1.89. The summed E-state index contributed by atoms with van der Waals surface area (Å²) in [5.74, 6) is -1.66. The summed E-state index contributed by atoms with van der Waals surface area (Å²) in [5.41, 5.74) is -1.06. The zero-order valence-electron chi connectivity index (χ0n) is 19.8. The molecular formula is C23H40N4O5. The maximum absolute atomic E-state index is 13.4. The van der Waals surface area contributed by atoms with Crippen LogP contribution in [0.25, 0.3) is 0 Å². The molecule has 0 aromatic heterocycles. The Morgan fingerprint density at radius 2 is 1.56 bits per heavy atom. The van der Waals surface area contributed by atoms with E-state index in [2.05, 4.69) is 16.0 Å². The molecule has 0 aromatic carbocycles. The summed E-state index contributed by atoms with van der Waals surface area (Å²) < 4.78 is 5.31. The molecule has 0 bridgehead atoms. The number of hydrogen-bond acceptors (Lipinski definition) is 5. The molecule has 0 unspecified atom stereocenters. The highest BCUT2D eigenvalue weighted by atomic mass is 16.5. The second kappa shape index (κ2) is 12.8. The number of urea groups is 1. The average Bonchev–Trinajstić information content (AvgIpc) is 2.82. The molecule has 182 valence electrons. The molecule has 9 nitrogen and oxygen atoms in total. The summed E-state index contributed by atoms with van der Waals surface area (Å²) in [6, 6.07) is -1.25. The van der Waals surface area contributed by atoms with E-state index in [1.54, 1.807) is 4.90 Å². The Morgan fingerprint density at radius 1 is 0.938 bits per heavy atom. The van der Waals surface area contributed by atoms with Crippen molar-refractivity contribution in [2.24, 2.45) is 0 Å². The Kier molecular flexibility index (Phi) is 10.4. The second-order valence-corrected chi connectivity index (χ2v) is 8.84. The first-order valence-electron chi connectivity index (χ1n) is 12.2. The highest BCUT2D eigenvalue weighted by Gasteiger charge is 2.43. The Hall–Kier alpha value is -2.16. The van der Waals surface area contributed by atoms with Crippen LogP contribution in [-0.2, 0) is 19.1 Å². The summed E-state index contributed by atoms with van der Waals surface area (Å²) in [4.78, 5) is 53.3. The molecule has 1 saturated heterocycles. The molecule has 1 aliphatic carbocycles. The van der Waals surface area contributed by atoms with E-state index in [-0.39, 0.29) is 18.0 Å². The van der Waals surface area contributed by atoms with Gasteiger partial charge in [0.25, 0.3) is 5.91 Å². The van der Waals surface area contributed by atoms with E-state index >= 15 is 0 Å². The number of carbonyl (C=O) groups excluding carboxylic acids is 4. The number of Topliss-reactive ketones (excluding diaryl/α,β-unsaturated/α-hetero) is 1. The van der Waals surface area contributed by atoms with Gasteiger partial charge in [-0.1, -0.05) is 46.5 Å². The van der Waals surface area contributed by atoms with Crippen LogP contribution < -0.4 is 16.0 Å². The normalized spacial score (nSPS) is 19.2. The van der Waals surface area contributed by atoms with Crippen molar-refractivity contribution in [2.75, 3.05) is 26.3 Å². The lowest BCUT2D eigenvalue weighted by atomic mass is 9.80. The van der Waals surface area contributed by atoms with Gasteiger partial charge in [-0.05, 0) is 32.1 Å². The highest BCUT2D eigenvalue weighted by molar-refractivity contribution is 6.38. The van der Waals surface area contributed by atoms with Gasteiger partial charge in [-0.2, -0.15) is 0 Å². The lowest BCUT2D eigenvalue weighted by Gasteiger charge is -2.39. The van der Waals surface area contributed by atoms with E-state index in [4.69, 9.17) is 4.74 Å². The van der Waals surface area contributed by atoms with Crippen LogP contribution in [0, 0.1) is 0 Å². The molecule has 0 aromatic rings. The number of rotatable bonds is 10. The minimum Gasteiger partial charge on any atom is -0.378 e. The fourth-order valence-corrected chi connectivity index (χ4v) is 4.38. The summed E-state index contributed by atoms with van der Waals surface area (Å²) in [7, 11) is 0. The van der Waals surface area contributed by atoms with Crippen molar-refractivity contribution in [2.45, 2.75) is 96.2 Å². The van der Waals surface area contributed by atoms with Gasteiger partial charge in [0.1, 0.15) is 5.54 Å². The van der Waals surface area contributed by atoms with Crippen molar-refractivity contribution >= 4 is 23.6 Å². The molecule has 1 aliphatic heterocycles. The second-order valence-electron chi connectivity index (χ2n) is 8.84. The van der Waals surface area contributed by atoms with Crippen LogP contribution in [0.5, 0.6) is 0 Å². The average molecular weight is 453 g/mol. The van der Waals surface area contributed by atoms with Gasteiger partial charge >= 0.3 is 6.03 Å². The van der Waals surface area contributed by atoms with Gasteiger partial charge in [-0.3, -0.25) is 14.4 Å². The van der Waals surface area contributed by atoms with Crippen LogP contribution in [0.2, 0.25) is 0 Å². The topological polar surface area (TPSA) is 117 Å². The largest absolute Gasteiger partial charge is 0.378 e. The first-order chi connectivity index (χ1) is 15.4. The quantitative estimate of drug-likeness (QED) is 0.438. The highest BCUT2D eigenvalue weighted by Crippen LogP contribution is 2.29. The molecule has 2 rings (SSSR count). The number of amides is 4. The summed E-state index contributed by atoms with van der Waals surface area (Å²) in [5, 5.41) is 8.56. The minimum absolute atomic E-state index is 0.0677. The minimum atomic E-state index is -1.06. The lowest BCUT2D eigenvalue weighted by Crippen LogP contribution is -2.64. The zero-order chi connectivity index (χ0) is 23.6. The monoisotopic (exact) mass is 452 g/mol. The molecule has 9 heteroatoms. The Bertz CT molecular complexity index is 653. The van der Waals surface area contributed by atoms with Crippen molar-refractivity contribution in [1.29, 1.82) is 0 Å². The van der Waals surface area contributed by atoms with Crippen LogP contribution >= 0.6 is 0 Å². The number of nitrogens with zero attached hydrogens (tertiary/aromatic N) is 1. The maximum Gasteiger partial charge on any atom is 0.318 e. The Morgan fingerprint density at radius 3 is 2.12 bits per heavy atom. The van der Waals surface area contributed by atoms with Gasteiger partial charge in [0, 0.05) is 19.1 Å². The van der Waals surface area contributed by atoms with Crippen molar-refractivity contribution in [3.63, 3.8) is 0 Å². The van der Waals surface area contributed by atoms with E-state index in [9.17, 15) is 19.2 Å². The van der Waals surface area contributed by atoms with E-state index in [0.717, 1.165) is 32.1 Å². The maximum atomic E-state index is 13.4. The zero-order valence-corrected chi connectivity index (χ0v) is 19.8. The van der Waals surface area contributed by atoms with Gasteiger partial charge < -0.3 is 25.6 Å². The van der Waals surface area contributed by atoms with E-state index in [1.807, 2.05) is 20.8 Å². The predicted molar refractivity (Wildman–Crippen MR) is 121 cm³/mol. The molecule has 3 N–H and O–H groups in total. The van der Waals surface area contributed by atoms with Gasteiger partial charge in [-0.25, -0.2) is 4.79 Å². The molecule has 1 saturated carbocycles. The van der Waals surface area contributed by atoms with Crippen molar-refractivity contribution in [3.8, 4) is 0 Å². The van der Waals surface area contributed by atoms with Gasteiger partial charge in [0.05, 0.1) is 19.3 Å². The van der Waals surface area contributed by atoms with E-state index in [1.165, 1.54) is 0 Å². The number of morpholine rings is 1. The summed E-state index contributed by atoms with van der Waals surface area (Å²) in [6.07, 6.45) is 6.14. The Labute approximate surface area is 191 Å². The fraction of sp³-hybridized carbons (Fsp3) is 0.826. The third kappa shape index (κ3) is 6.92. The number of carbonyl (C=O) groups is 4. The molecular weight excluding hydrogens is 412 g/mol. The number of ether oxygens (including phenoxy) is 1. The number of hydrogen-bond donors (Lipinski definition) is 3. The summed E-state index contributed by atoms with van der Waals surface area (Å²) in [6.45, 7) is 7.73. The van der Waals surface area contributed by atoms with Gasteiger partial charge in [-0.15, -0.1) is 0 Å². The number of ketones is 1. The van der Waals surface area contributed by atoms with Gasteiger partial charge in [0.15, 0.2) is 0 Å². The molecule has 4 amide bonds. The van der Waals surface area contributed by atoms with Crippen molar-refractivity contribution < 1.29 is 23.9 Å². The Balaban J connectivity index is 2.11. The molecule has 2 aliphatic rings. The molecule has 32 heavy (non-hydrogen) atoms. The first kappa shape index (κ1) is 26.1. The van der Waals surface area contributed by atoms with Crippen LogP contribution in [-0.4, -0.2) is 72.5 Å². The molecule has 2 fully saturated rings. The van der Waals surface area contributed by atoms with Crippen LogP contribution in [0.3, 0.4) is 0 Å². The van der Waals surface area contributed by atoms with Crippen LogP contribution in [0.4, 0.5) is 4.79 Å². The summed E-state index contributed by atoms with van der Waals surface area (Å²) >= 11 is 0.